The van der Waals surface area contributed by atoms with Crippen molar-refractivity contribution in [1.29, 1.82) is 0 Å². The van der Waals surface area contributed by atoms with Crippen LogP contribution in [0.3, 0.4) is 0 Å². The highest BCUT2D eigenvalue weighted by Gasteiger charge is 2.46. The van der Waals surface area contributed by atoms with Crippen LogP contribution in [0.15, 0.2) is 12.7 Å². The van der Waals surface area contributed by atoms with E-state index in [1.54, 1.807) is 0 Å². The Kier molecular flexibility index (Phi) is 8.49. The Morgan fingerprint density at radius 1 is 1.41 bits per heavy atom. The highest BCUT2D eigenvalue weighted by Crippen LogP contribution is 2.24. The Bertz CT molecular complexity index is 250. The summed E-state index contributed by atoms with van der Waals surface area (Å²) in [5, 5.41) is 10.3. The summed E-state index contributed by atoms with van der Waals surface area (Å²) in [6.45, 7) is 13.1. The maximum Gasteiger partial charge on any atom is 0.358 e. The molecule has 0 aromatic heterocycles. The van der Waals surface area contributed by atoms with E-state index in [0.717, 1.165) is 19.0 Å². The number of carbonyl (C=O) groups is 1. The third-order valence-corrected chi connectivity index (χ3v) is 3.20. The molecule has 0 saturated heterocycles. The summed E-state index contributed by atoms with van der Waals surface area (Å²) in [5.74, 6) is -2.09. The number of esters is 1. The Hall–Kier alpha value is -0.580. The fraction of sp³-hybridized carbons (Fsp3) is 0.750. The Morgan fingerprint density at radius 3 is 2.18 bits per heavy atom. The molecule has 0 rings (SSSR count). The minimum Gasteiger partial charge on any atom is -1.00 e. The van der Waals surface area contributed by atoms with E-state index in [-0.39, 0.29) is 12.4 Å². The van der Waals surface area contributed by atoms with Gasteiger partial charge in [0.05, 0.1) is 26.6 Å². The molecule has 102 valence electrons. The van der Waals surface area contributed by atoms with Gasteiger partial charge < -0.3 is 22.3 Å². The van der Waals surface area contributed by atoms with Crippen molar-refractivity contribution in [2.75, 3.05) is 19.6 Å². The van der Waals surface area contributed by atoms with E-state index >= 15 is 0 Å². The van der Waals surface area contributed by atoms with Gasteiger partial charge in [-0.2, -0.15) is 0 Å². The van der Waals surface area contributed by atoms with Crippen LogP contribution < -0.4 is 12.4 Å². The number of nitrogens with zero attached hydrogens (tertiary/aromatic N) is 1. The van der Waals surface area contributed by atoms with Crippen molar-refractivity contribution in [3.05, 3.63) is 12.7 Å². The van der Waals surface area contributed by atoms with Crippen LogP contribution in [0, 0.1) is 0 Å². The first kappa shape index (κ1) is 18.8. The van der Waals surface area contributed by atoms with E-state index < -0.39 is 11.9 Å². The van der Waals surface area contributed by atoms with Crippen LogP contribution in [-0.4, -0.2) is 41.1 Å². The first-order valence-electron chi connectivity index (χ1n) is 5.83. The van der Waals surface area contributed by atoms with Gasteiger partial charge in [-0.3, -0.25) is 4.48 Å². The number of hydrogen-bond acceptors (Lipinski definition) is 3. The van der Waals surface area contributed by atoms with Crippen LogP contribution in [0.1, 0.15) is 34.1 Å². The van der Waals surface area contributed by atoms with Crippen molar-refractivity contribution < 1.29 is 31.5 Å². The van der Waals surface area contributed by atoms with Crippen molar-refractivity contribution in [3.63, 3.8) is 0 Å². The summed E-state index contributed by atoms with van der Waals surface area (Å²) in [4.78, 5) is 11.2. The van der Waals surface area contributed by atoms with Crippen molar-refractivity contribution in [2.45, 2.75) is 40.0 Å². The second-order valence-electron chi connectivity index (χ2n) is 4.06. The zero-order chi connectivity index (χ0) is 12.8. The molecule has 17 heavy (non-hydrogen) atoms. The molecule has 0 aliphatic heterocycles. The van der Waals surface area contributed by atoms with Gasteiger partial charge in [0.1, 0.15) is 0 Å². The summed E-state index contributed by atoms with van der Waals surface area (Å²) in [5.41, 5.74) is 0. The zero-order valence-electron chi connectivity index (χ0n) is 11.2. The molecule has 4 nitrogen and oxygen atoms in total. The number of quaternary nitrogens is 1. The van der Waals surface area contributed by atoms with Gasteiger partial charge in [0.25, 0.3) is 0 Å². The Labute approximate surface area is 110 Å². The van der Waals surface area contributed by atoms with Gasteiger partial charge in [0.2, 0.25) is 0 Å². The molecule has 1 atom stereocenters. The van der Waals surface area contributed by atoms with Crippen molar-refractivity contribution in [2.24, 2.45) is 0 Å². The molecule has 0 spiro atoms. The fourth-order valence-corrected chi connectivity index (χ4v) is 2.09. The number of aliphatic hydroxyl groups is 1. The molecule has 0 aliphatic rings. The molecule has 5 heteroatoms. The summed E-state index contributed by atoms with van der Waals surface area (Å²) in [7, 11) is 0. The van der Waals surface area contributed by atoms with Crippen LogP contribution in [0.4, 0.5) is 0 Å². The lowest BCUT2D eigenvalue weighted by Crippen LogP contribution is -3.00. The predicted octanol–water partition coefficient (Wildman–Crippen LogP) is -1.35. The van der Waals surface area contributed by atoms with E-state index in [0.29, 0.717) is 17.6 Å². The van der Waals surface area contributed by atoms with Gasteiger partial charge in [-0.1, -0.05) is 13.5 Å². The second kappa shape index (κ2) is 7.69. The third kappa shape index (κ3) is 4.30. The van der Waals surface area contributed by atoms with Crippen LogP contribution in [0.2, 0.25) is 0 Å². The van der Waals surface area contributed by atoms with Gasteiger partial charge in [0, 0.05) is 6.08 Å². The highest BCUT2D eigenvalue weighted by atomic mass is 35.5. The van der Waals surface area contributed by atoms with Crippen molar-refractivity contribution >= 4 is 5.97 Å². The highest BCUT2D eigenvalue weighted by molar-refractivity contribution is 5.81. The van der Waals surface area contributed by atoms with E-state index in [1.807, 2.05) is 20.8 Å². The Balaban J connectivity index is 0. The smallest absolute Gasteiger partial charge is 0.358 e. The summed E-state index contributed by atoms with van der Waals surface area (Å²) in [6.07, 6.45) is 1.99. The summed E-state index contributed by atoms with van der Waals surface area (Å²) >= 11 is 0. The standard InChI is InChI=1S/C12H24NO3.ClH/c1-6-10-13(8-3,9-4)12(5,15)16-11(14)7-2;/h7,15H,2,6,8-10H2,1,3-5H3;1H/q+1;/p-1. The van der Waals surface area contributed by atoms with Gasteiger partial charge in [-0.05, 0) is 20.3 Å². The van der Waals surface area contributed by atoms with Crippen LogP contribution in [-0.2, 0) is 9.53 Å². The molecular formula is C12H24ClNO3. The van der Waals surface area contributed by atoms with Crippen molar-refractivity contribution in [3.8, 4) is 0 Å². The molecule has 1 N–H and O–H groups in total. The molecular weight excluding hydrogens is 242 g/mol. The minimum atomic E-state index is -1.50. The molecule has 0 saturated carbocycles. The normalized spacial score (nSPS) is 14.4. The topological polar surface area (TPSA) is 46.5 Å². The maximum absolute atomic E-state index is 11.2. The molecule has 0 aliphatic carbocycles. The molecule has 0 fully saturated rings. The lowest BCUT2D eigenvalue weighted by Gasteiger charge is -2.45. The van der Waals surface area contributed by atoms with E-state index in [4.69, 9.17) is 4.74 Å². The minimum absolute atomic E-state index is 0. The number of ether oxygens (including phenoxy) is 1. The lowest BCUT2D eigenvalue weighted by molar-refractivity contribution is -1.02. The fourth-order valence-electron chi connectivity index (χ4n) is 2.09. The van der Waals surface area contributed by atoms with Gasteiger partial charge in [-0.15, -0.1) is 0 Å². The van der Waals surface area contributed by atoms with E-state index in [1.165, 1.54) is 6.92 Å². The SMILES string of the molecule is C=CC(=O)OC(C)(O)[N+](CC)(CC)CCC.[Cl-]. The predicted molar refractivity (Wildman–Crippen MR) is 63.4 cm³/mol. The largest absolute Gasteiger partial charge is 1.00 e. The third-order valence-electron chi connectivity index (χ3n) is 3.20. The molecule has 0 heterocycles. The summed E-state index contributed by atoms with van der Waals surface area (Å²) < 4.78 is 5.41. The number of halogens is 1. The maximum atomic E-state index is 11.2. The van der Waals surface area contributed by atoms with E-state index in [2.05, 4.69) is 6.58 Å². The molecule has 0 radical (unpaired) electrons. The van der Waals surface area contributed by atoms with Crippen molar-refractivity contribution in [1.82, 2.24) is 0 Å². The molecule has 1 unspecified atom stereocenters. The van der Waals surface area contributed by atoms with E-state index in [9.17, 15) is 9.90 Å². The van der Waals surface area contributed by atoms with Crippen LogP contribution in [0.5, 0.6) is 0 Å². The average molecular weight is 266 g/mol. The molecule has 0 aromatic carbocycles. The second-order valence-corrected chi connectivity index (χ2v) is 4.06. The first-order chi connectivity index (χ1) is 7.39. The van der Waals surface area contributed by atoms with Crippen LogP contribution in [0.25, 0.3) is 0 Å². The number of rotatable bonds is 7. The van der Waals surface area contributed by atoms with Gasteiger partial charge >= 0.3 is 11.9 Å². The average Bonchev–Trinajstić information content (AvgIpc) is 2.24. The quantitative estimate of drug-likeness (QED) is 0.268. The molecule has 0 amide bonds. The number of carbonyl (C=O) groups excluding carboxylic acids is 1. The van der Waals surface area contributed by atoms with Gasteiger partial charge in [-0.25, -0.2) is 4.79 Å². The first-order valence-corrected chi connectivity index (χ1v) is 5.83. The lowest BCUT2D eigenvalue weighted by atomic mass is 10.2. The summed E-state index contributed by atoms with van der Waals surface area (Å²) in [6, 6.07) is 0. The zero-order valence-corrected chi connectivity index (χ0v) is 12.0. The van der Waals surface area contributed by atoms with Gasteiger partial charge in [0.15, 0.2) is 0 Å². The molecule has 0 bridgehead atoms. The Morgan fingerprint density at radius 2 is 1.88 bits per heavy atom. The van der Waals surface area contributed by atoms with Crippen LogP contribution >= 0.6 is 0 Å². The molecule has 0 aromatic rings. The number of hydrogen-bond donors (Lipinski definition) is 1. The monoisotopic (exact) mass is 265 g/mol.